The Labute approximate surface area is 362 Å². The molecule has 0 spiro atoms. The standard InChI is InChI=1S/C49H55N3O10/c1-49(2,3)62-48(58)52-41(28-40(53)29-50)46(56)51-42(47(57)61-32-35-17-11-6-12-18-35)27-39-26-37(20-23-44(39)60-31-34-15-9-5-10-16-34)36-19-22-43(38(25-36)21-24-45(54)55)59-30-33-13-7-4-8-14-33/h4-20,22-23,25-26,40-42,53H,21,24,27-32,50H2,1-3H3,(H,51,56)(H,52,58)(H,54,55)/t40?,41-,42?/m0/s1. The lowest BCUT2D eigenvalue weighted by Crippen LogP contribution is -2.54. The second-order valence-corrected chi connectivity index (χ2v) is 15.8. The highest BCUT2D eigenvalue weighted by molar-refractivity contribution is 5.90. The van der Waals surface area contributed by atoms with Gasteiger partial charge in [0.05, 0.1) is 6.10 Å². The van der Waals surface area contributed by atoms with Crippen LogP contribution in [0.3, 0.4) is 0 Å². The largest absolute Gasteiger partial charge is 0.489 e. The van der Waals surface area contributed by atoms with Gasteiger partial charge in [-0.05, 0) is 90.4 Å². The van der Waals surface area contributed by atoms with Crippen LogP contribution in [-0.2, 0) is 56.5 Å². The summed E-state index contributed by atoms with van der Waals surface area (Å²) >= 11 is 0. The monoisotopic (exact) mass is 845 g/mol. The van der Waals surface area contributed by atoms with Gasteiger partial charge < -0.3 is 45.5 Å². The molecule has 5 aromatic carbocycles. The Hall–Kier alpha value is -6.70. The molecule has 0 aliphatic carbocycles. The Kier molecular flexibility index (Phi) is 17.0. The summed E-state index contributed by atoms with van der Waals surface area (Å²) in [4.78, 5) is 52.7. The average Bonchev–Trinajstić information content (AvgIpc) is 3.26. The predicted octanol–water partition coefficient (Wildman–Crippen LogP) is 6.90. The summed E-state index contributed by atoms with van der Waals surface area (Å²) in [6.07, 6.45) is -2.31. The molecule has 0 aliphatic rings. The maximum absolute atomic E-state index is 14.1. The van der Waals surface area contributed by atoms with Crippen LogP contribution in [0.4, 0.5) is 4.79 Å². The first kappa shape index (κ1) is 46.4. The van der Waals surface area contributed by atoms with Gasteiger partial charge in [0.2, 0.25) is 5.91 Å². The number of aliphatic carboxylic acids is 1. The van der Waals surface area contributed by atoms with E-state index in [9.17, 15) is 29.4 Å². The molecule has 326 valence electrons. The number of aliphatic hydroxyl groups excluding tert-OH is 1. The molecule has 5 rings (SSSR count). The second kappa shape index (κ2) is 22.8. The third-order valence-corrected chi connectivity index (χ3v) is 9.57. The molecule has 0 aromatic heterocycles. The first-order chi connectivity index (χ1) is 29.8. The number of hydrogen-bond donors (Lipinski definition) is 5. The van der Waals surface area contributed by atoms with Crippen LogP contribution in [0.25, 0.3) is 11.1 Å². The highest BCUT2D eigenvalue weighted by Crippen LogP contribution is 2.33. The molecule has 13 heteroatoms. The lowest BCUT2D eigenvalue weighted by atomic mass is 9.96. The smallest absolute Gasteiger partial charge is 0.408 e. The lowest BCUT2D eigenvalue weighted by molar-refractivity contribution is -0.149. The van der Waals surface area contributed by atoms with Gasteiger partial charge in [0, 0.05) is 25.8 Å². The number of hydrogen-bond acceptors (Lipinski definition) is 10. The van der Waals surface area contributed by atoms with E-state index in [1.54, 1.807) is 39.0 Å². The Morgan fingerprint density at radius 2 is 1.16 bits per heavy atom. The fourth-order valence-corrected chi connectivity index (χ4v) is 6.43. The van der Waals surface area contributed by atoms with E-state index in [1.807, 2.05) is 109 Å². The van der Waals surface area contributed by atoms with Crippen LogP contribution in [0.1, 0.15) is 61.4 Å². The maximum atomic E-state index is 14.1. The molecule has 3 atom stereocenters. The summed E-state index contributed by atoms with van der Waals surface area (Å²) in [7, 11) is 0. The topological polar surface area (TPSA) is 196 Å². The Bertz CT molecular complexity index is 2230. The molecular weight excluding hydrogens is 791 g/mol. The highest BCUT2D eigenvalue weighted by Gasteiger charge is 2.31. The number of aryl methyl sites for hydroxylation is 1. The molecule has 0 saturated heterocycles. The number of esters is 1. The molecule has 13 nitrogen and oxygen atoms in total. The Balaban J connectivity index is 1.51. The lowest BCUT2D eigenvalue weighted by Gasteiger charge is -2.26. The summed E-state index contributed by atoms with van der Waals surface area (Å²) in [5.41, 5.74) is 10.1. The van der Waals surface area contributed by atoms with E-state index < -0.39 is 47.7 Å². The van der Waals surface area contributed by atoms with Gasteiger partial charge in [-0.1, -0.05) is 103 Å². The number of nitrogens with two attached hydrogens (primary N) is 1. The van der Waals surface area contributed by atoms with Crippen LogP contribution < -0.4 is 25.8 Å². The summed E-state index contributed by atoms with van der Waals surface area (Å²) in [6.45, 7) is 5.25. The summed E-state index contributed by atoms with van der Waals surface area (Å²) in [5, 5.41) is 25.3. The Morgan fingerprint density at radius 3 is 1.66 bits per heavy atom. The number of carbonyl (C=O) groups is 4. The summed E-state index contributed by atoms with van der Waals surface area (Å²) in [5.74, 6) is -1.49. The summed E-state index contributed by atoms with van der Waals surface area (Å²) in [6, 6.07) is 36.7. The van der Waals surface area contributed by atoms with Gasteiger partial charge in [0.1, 0.15) is 49.0 Å². The van der Waals surface area contributed by atoms with Crippen molar-refractivity contribution in [3.63, 3.8) is 0 Å². The molecule has 0 aliphatic heterocycles. The fraction of sp³-hybridized carbons (Fsp3) is 0.306. The van der Waals surface area contributed by atoms with Gasteiger partial charge in [-0.3, -0.25) is 9.59 Å². The molecule has 0 heterocycles. The third kappa shape index (κ3) is 15.1. The van der Waals surface area contributed by atoms with Gasteiger partial charge in [-0.15, -0.1) is 0 Å². The van der Waals surface area contributed by atoms with E-state index in [4.69, 9.17) is 24.7 Å². The van der Waals surface area contributed by atoms with E-state index in [0.717, 1.165) is 27.8 Å². The normalized spacial score (nSPS) is 12.6. The van der Waals surface area contributed by atoms with Crippen molar-refractivity contribution >= 4 is 23.9 Å². The van der Waals surface area contributed by atoms with Crippen molar-refractivity contribution in [3.05, 3.63) is 155 Å². The van der Waals surface area contributed by atoms with E-state index in [0.29, 0.717) is 29.2 Å². The van der Waals surface area contributed by atoms with E-state index in [-0.39, 0.29) is 45.4 Å². The van der Waals surface area contributed by atoms with E-state index >= 15 is 0 Å². The maximum Gasteiger partial charge on any atom is 0.408 e. The molecule has 2 amide bonds. The van der Waals surface area contributed by atoms with Crippen molar-refractivity contribution in [1.29, 1.82) is 0 Å². The molecule has 0 fully saturated rings. The molecule has 6 N–H and O–H groups in total. The molecule has 0 bridgehead atoms. The number of benzene rings is 5. The first-order valence-electron chi connectivity index (χ1n) is 20.5. The molecule has 0 saturated carbocycles. The zero-order valence-electron chi connectivity index (χ0n) is 35.3. The van der Waals surface area contributed by atoms with E-state index in [1.165, 1.54) is 0 Å². The zero-order chi connectivity index (χ0) is 44.5. The number of nitrogens with one attached hydrogen (secondary N) is 2. The zero-order valence-corrected chi connectivity index (χ0v) is 35.3. The van der Waals surface area contributed by atoms with E-state index in [2.05, 4.69) is 10.6 Å². The van der Waals surface area contributed by atoms with Gasteiger partial charge in [-0.25, -0.2) is 9.59 Å². The van der Waals surface area contributed by atoms with Crippen LogP contribution in [-0.4, -0.2) is 64.5 Å². The minimum atomic E-state index is -1.33. The van der Waals surface area contributed by atoms with Gasteiger partial charge >= 0.3 is 18.0 Å². The minimum Gasteiger partial charge on any atom is -0.489 e. The van der Waals surface area contributed by atoms with Gasteiger partial charge in [0.25, 0.3) is 0 Å². The molecule has 0 radical (unpaired) electrons. The van der Waals surface area contributed by atoms with Crippen LogP contribution >= 0.6 is 0 Å². The average molecular weight is 846 g/mol. The van der Waals surface area contributed by atoms with Crippen molar-refractivity contribution in [1.82, 2.24) is 10.6 Å². The fourth-order valence-electron chi connectivity index (χ4n) is 6.43. The van der Waals surface area contributed by atoms with Crippen molar-refractivity contribution in [2.45, 2.75) is 90.1 Å². The van der Waals surface area contributed by atoms with Crippen molar-refractivity contribution in [3.8, 4) is 22.6 Å². The van der Waals surface area contributed by atoms with Crippen molar-refractivity contribution in [2.75, 3.05) is 6.54 Å². The number of carbonyl (C=O) groups excluding carboxylic acids is 3. The number of rotatable bonds is 21. The number of carboxylic acid groups (broad SMARTS) is 1. The van der Waals surface area contributed by atoms with Crippen LogP contribution in [0.5, 0.6) is 11.5 Å². The second-order valence-electron chi connectivity index (χ2n) is 15.8. The summed E-state index contributed by atoms with van der Waals surface area (Å²) < 4.78 is 23.7. The minimum absolute atomic E-state index is 0.0767. The number of aliphatic hydroxyl groups is 1. The molecule has 5 aromatic rings. The molecule has 62 heavy (non-hydrogen) atoms. The quantitative estimate of drug-likeness (QED) is 0.0482. The van der Waals surface area contributed by atoms with Crippen molar-refractivity contribution < 1.29 is 48.3 Å². The van der Waals surface area contributed by atoms with Crippen molar-refractivity contribution in [2.24, 2.45) is 5.73 Å². The Morgan fingerprint density at radius 1 is 0.661 bits per heavy atom. The molecular formula is C49H55N3O10. The highest BCUT2D eigenvalue weighted by atomic mass is 16.6. The van der Waals surface area contributed by atoms with Gasteiger partial charge in [0.15, 0.2) is 0 Å². The van der Waals surface area contributed by atoms with Crippen LogP contribution in [0.15, 0.2) is 127 Å². The number of ether oxygens (including phenoxy) is 4. The third-order valence-electron chi connectivity index (χ3n) is 9.57. The number of carboxylic acids is 1. The number of alkyl carbamates (subject to hydrolysis) is 1. The van der Waals surface area contributed by atoms with Crippen LogP contribution in [0.2, 0.25) is 0 Å². The number of amides is 2. The predicted molar refractivity (Wildman–Crippen MR) is 234 cm³/mol. The first-order valence-corrected chi connectivity index (χ1v) is 20.5. The SMILES string of the molecule is CC(C)(C)OC(=O)N[C@@H](CC(O)CN)C(=O)NC(Cc1cc(-c2ccc(OCc3ccccc3)c(CCC(=O)O)c2)ccc1OCc1ccccc1)C(=O)OCc1ccccc1. The molecule has 2 unspecified atom stereocenters. The van der Waals surface area contributed by atoms with Crippen LogP contribution in [0, 0.1) is 0 Å². The van der Waals surface area contributed by atoms with Gasteiger partial charge in [-0.2, -0.15) is 0 Å².